The van der Waals surface area contributed by atoms with Crippen LogP contribution in [-0.4, -0.2) is 32.1 Å². The summed E-state index contributed by atoms with van der Waals surface area (Å²) in [6.45, 7) is 2.22. The second-order valence-corrected chi connectivity index (χ2v) is 5.55. The zero-order chi connectivity index (χ0) is 12.5. The normalized spacial score (nSPS) is 23.7. The molecular weight excluding hydrogens is 248 g/mol. The molecular formula is C12H16N4OS. The highest BCUT2D eigenvalue weighted by Crippen LogP contribution is 2.31. The van der Waals surface area contributed by atoms with E-state index >= 15 is 0 Å². The topological polar surface area (TPSA) is 70.9 Å². The molecule has 2 atom stereocenters. The molecule has 6 heteroatoms. The highest BCUT2D eigenvalue weighted by Gasteiger charge is 2.27. The number of fused-ring (bicyclic) bond motifs is 1. The van der Waals surface area contributed by atoms with Crippen molar-refractivity contribution in [1.29, 1.82) is 0 Å². The average molecular weight is 264 g/mol. The minimum atomic E-state index is 0.243. The molecule has 3 rings (SSSR count). The van der Waals surface area contributed by atoms with E-state index in [9.17, 15) is 5.11 Å². The van der Waals surface area contributed by atoms with Crippen LogP contribution in [-0.2, 0) is 0 Å². The number of hydrogen-bond acceptors (Lipinski definition) is 6. The maximum absolute atomic E-state index is 9.36. The van der Waals surface area contributed by atoms with E-state index in [0.29, 0.717) is 12.0 Å². The van der Waals surface area contributed by atoms with Crippen LogP contribution in [0.4, 0.5) is 5.82 Å². The molecule has 2 aromatic heterocycles. The molecule has 1 fully saturated rings. The molecule has 0 spiro atoms. The van der Waals surface area contributed by atoms with E-state index in [1.165, 1.54) is 11.5 Å². The van der Waals surface area contributed by atoms with Crippen LogP contribution in [0.15, 0.2) is 6.33 Å². The quantitative estimate of drug-likeness (QED) is 0.887. The number of nitrogens with one attached hydrogen (secondary N) is 1. The number of hydrogen-bond donors (Lipinski definition) is 2. The second kappa shape index (κ2) is 4.78. The summed E-state index contributed by atoms with van der Waals surface area (Å²) in [4.78, 5) is 9.49. The standard InChI is InChI=1S/C12H16N4OS/c1-7-10-11(13-6-14-12(10)18-16-7)15-9-4-2-3-8(9)5-17/h6,8-9,17H,2-5H2,1H3,(H,13,14,15). The van der Waals surface area contributed by atoms with Crippen molar-refractivity contribution in [2.75, 3.05) is 11.9 Å². The zero-order valence-electron chi connectivity index (χ0n) is 10.3. The van der Waals surface area contributed by atoms with Crippen molar-refractivity contribution in [2.24, 2.45) is 5.92 Å². The van der Waals surface area contributed by atoms with Crippen molar-refractivity contribution in [3.05, 3.63) is 12.0 Å². The molecule has 2 unspecified atom stereocenters. The predicted octanol–water partition coefficient (Wildman–Crippen LogP) is 1.97. The lowest BCUT2D eigenvalue weighted by Crippen LogP contribution is -2.26. The summed E-state index contributed by atoms with van der Waals surface area (Å²) in [5.41, 5.74) is 0.969. The molecule has 0 radical (unpaired) electrons. The van der Waals surface area contributed by atoms with Crippen LogP contribution in [0.25, 0.3) is 10.2 Å². The van der Waals surface area contributed by atoms with Gasteiger partial charge in [0.1, 0.15) is 17.0 Å². The SMILES string of the molecule is Cc1nsc2ncnc(NC3CCCC3CO)c12. The first kappa shape index (κ1) is 11.8. The van der Waals surface area contributed by atoms with E-state index in [-0.39, 0.29) is 6.61 Å². The molecule has 5 nitrogen and oxygen atoms in total. The summed E-state index contributed by atoms with van der Waals surface area (Å²) in [6, 6.07) is 0.312. The molecule has 0 amide bonds. The predicted molar refractivity (Wildman–Crippen MR) is 71.8 cm³/mol. The van der Waals surface area contributed by atoms with Crippen LogP contribution in [0.5, 0.6) is 0 Å². The van der Waals surface area contributed by atoms with Gasteiger partial charge in [0, 0.05) is 18.6 Å². The van der Waals surface area contributed by atoms with Gasteiger partial charge in [0.2, 0.25) is 0 Å². The average Bonchev–Trinajstić information content (AvgIpc) is 2.97. The smallest absolute Gasteiger partial charge is 0.149 e. The van der Waals surface area contributed by atoms with Crippen molar-refractivity contribution < 1.29 is 5.11 Å². The summed E-state index contributed by atoms with van der Waals surface area (Å²) in [5, 5.41) is 13.8. The van der Waals surface area contributed by atoms with Crippen molar-refractivity contribution >= 4 is 27.6 Å². The minimum absolute atomic E-state index is 0.243. The van der Waals surface area contributed by atoms with Gasteiger partial charge in [-0.2, -0.15) is 4.37 Å². The molecule has 2 N–H and O–H groups in total. The van der Waals surface area contributed by atoms with Crippen molar-refractivity contribution in [2.45, 2.75) is 32.2 Å². The lowest BCUT2D eigenvalue weighted by molar-refractivity contribution is 0.222. The molecule has 1 aliphatic rings. The van der Waals surface area contributed by atoms with Crippen molar-refractivity contribution in [3.8, 4) is 0 Å². The Kier molecular flexibility index (Phi) is 3.13. The molecule has 96 valence electrons. The molecule has 2 aromatic rings. The van der Waals surface area contributed by atoms with Gasteiger partial charge in [-0.3, -0.25) is 0 Å². The fourth-order valence-corrected chi connectivity index (χ4v) is 3.40. The molecule has 1 aliphatic carbocycles. The third kappa shape index (κ3) is 1.95. The van der Waals surface area contributed by atoms with Crippen LogP contribution >= 0.6 is 11.5 Å². The van der Waals surface area contributed by atoms with Crippen LogP contribution in [0, 0.1) is 12.8 Å². The van der Waals surface area contributed by atoms with Crippen LogP contribution in [0.3, 0.4) is 0 Å². The van der Waals surface area contributed by atoms with E-state index in [4.69, 9.17) is 0 Å². The van der Waals surface area contributed by atoms with Gasteiger partial charge in [0.25, 0.3) is 0 Å². The first-order valence-corrected chi connectivity index (χ1v) is 7.01. The Hall–Kier alpha value is -1.27. The Labute approximate surface area is 109 Å². The largest absolute Gasteiger partial charge is 0.396 e. The van der Waals surface area contributed by atoms with Crippen molar-refractivity contribution in [3.63, 3.8) is 0 Å². The number of aromatic nitrogens is 3. The number of aliphatic hydroxyl groups is 1. The fraction of sp³-hybridized carbons (Fsp3) is 0.583. The number of aryl methyl sites for hydroxylation is 1. The Morgan fingerprint density at radius 1 is 1.44 bits per heavy atom. The highest BCUT2D eigenvalue weighted by atomic mass is 32.1. The number of anilines is 1. The van der Waals surface area contributed by atoms with Gasteiger partial charge >= 0.3 is 0 Å². The van der Waals surface area contributed by atoms with Gasteiger partial charge in [0.05, 0.1) is 11.1 Å². The molecule has 0 aliphatic heterocycles. The van der Waals surface area contributed by atoms with E-state index in [1.54, 1.807) is 6.33 Å². The first-order chi connectivity index (χ1) is 8.79. The third-order valence-electron chi connectivity index (χ3n) is 3.66. The summed E-state index contributed by atoms with van der Waals surface area (Å²) in [6.07, 6.45) is 4.92. The van der Waals surface area contributed by atoms with Gasteiger partial charge in [0.15, 0.2) is 0 Å². The summed E-state index contributed by atoms with van der Waals surface area (Å²) in [5.74, 6) is 1.19. The summed E-state index contributed by atoms with van der Waals surface area (Å²) < 4.78 is 4.32. The van der Waals surface area contributed by atoms with Gasteiger partial charge in [-0.25, -0.2) is 9.97 Å². The van der Waals surface area contributed by atoms with E-state index < -0.39 is 0 Å². The van der Waals surface area contributed by atoms with Crippen molar-refractivity contribution in [1.82, 2.24) is 14.3 Å². The highest BCUT2D eigenvalue weighted by molar-refractivity contribution is 7.13. The van der Waals surface area contributed by atoms with Crippen LogP contribution < -0.4 is 5.32 Å². The molecule has 2 heterocycles. The molecule has 0 bridgehead atoms. The van der Waals surface area contributed by atoms with E-state index in [0.717, 1.165) is 41.0 Å². The van der Waals surface area contributed by atoms with Crippen LogP contribution in [0.1, 0.15) is 25.0 Å². The fourth-order valence-electron chi connectivity index (χ4n) is 2.65. The Balaban J connectivity index is 1.92. The van der Waals surface area contributed by atoms with Gasteiger partial charge in [-0.15, -0.1) is 0 Å². The maximum Gasteiger partial charge on any atom is 0.149 e. The Morgan fingerprint density at radius 2 is 2.33 bits per heavy atom. The molecule has 18 heavy (non-hydrogen) atoms. The first-order valence-electron chi connectivity index (χ1n) is 6.24. The molecule has 0 saturated heterocycles. The summed E-state index contributed by atoms with van der Waals surface area (Å²) >= 11 is 1.40. The van der Waals surface area contributed by atoms with E-state index in [1.807, 2.05) is 6.92 Å². The van der Waals surface area contributed by atoms with E-state index in [2.05, 4.69) is 19.7 Å². The monoisotopic (exact) mass is 264 g/mol. The maximum atomic E-state index is 9.36. The Bertz CT molecular complexity index is 556. The number of rotatable bonds is 3. The van der Waals surface area contributed by atoms with Gasteiger partial charge in [-0.1, -0.05) is 6.42 Å². The second-order valence-electron chi connectivity index (χ2n) is 4.79. The number of aliphatic hydroxyl groups excluding tert-OH is 1. The lowest BCUT2D eigenvalue weighted by atomic mass is 10.1. The third-order valence-corrected chi connectivity index (χ3v) is 4.51. The minimum Gasteiger partial charge on any atom is -0.396 e. The van der Waals surface area contributed by atoms with Crippen LogP contribution in [0.2, 0.25) is 0 Å². The zero-order valence-corrected chi connectivity index (χ0v) is 11.1. The summed E-state index contributed by atoms with van der Waals surface area (Å²) in [7, 11) is 0. The van der Waals surface area contributed by atoms with Gasteiger partial charge in [-0.05, 0) is 31.3 Å². The molecule has 1 saturated carbocycles. The Morgan fingerprint density at radius 3 is 3.17 bits per heavy atom. The lowest BCUT2D eigenvalue weighted by Gasteiger charge is -2.19. The number of nitrogens with zero attached hydrogens (tertiary/aromatic N) is 3. The van der Waals surface area contributed by atoms with Gasteiger partial charge < -0.3 is 10.4 Å². The molecule has 0 aromatic carbocycles.